The third kappa shape index (κ3) is 2.46. The van der Waals surface area contributed by atoms with E-state index in [1.165, 1.54) is 0 Å². The van der Waals surface area contributed by atoms with Crippen LogP contribution in [-0.4, -0.2) is 29.4 Å². The van der Waals surface area contributed by atoms with E-state index in [1.807, 2.05) is 4.57 Å². The van der Waals surface area contributed by atoms with Gasteiger partial charge in [-0.15, -0.1) is 0 Å². The summed E-state index contributed by atoms with van der Waals surface area (Å²) in [4.78, 5) is 11.3. The smallest absolute Gasteiger partial charge is 0.338 e. The summed E-state index contributed by atoms with van der Waals surface area (Å²) in [5, 5.41) is 9.30. The molecule has 0 fully saturated rings. The van der Waals surface area contributed by atoms with Crippen LogP contribution < -0.4 is 0 Å². The second-order valence-corrected chi connectivity index (χ2v) is 4.84. The summed E-state index contributed by atoms with van der Waals surface area (Å²) in [6.45, 7) is 2.83. The van der Waals surface area contributed by atoms with Gasteiger partial charge in [0.15, 0.2) is 5.76 Å². The maximum absolute atomic E-state index is 11.3. The fraction of sp³-hybridized carbons (Fsp3) is 0.308. The number of furan rings is 1. The minimum absolute atomic E-state index is 0.252. The van der Waals surface area contributed by atoms with E-state index >= 15 is 0 Å². The van der Waals surface area contributed by atoms with E-state index in [1.54, 1.807) is 32.4 Å². The molecule has 0 aromatic carbocycles. The third-order valence-electron chi connectivity index (χ3n) is 2.95. The summed E-state index contributed by atoms with van der Waals surface area (Å²) >= 11 is 3.36. The van der Waals surface area contributed by atoms with Gasteiger partial charge in [0.1, 0.15) is 0 Å². The van der Waals surface area contributed by atoms with Gasteiger partial charge >= 0.3 is 5.97 Å². The van der Waals surface area contributed by atoms with Crippen molar-refractivity contribution in [2.75, 3.05) is 13.7 Å². The van der Waals surface area contributed by atoms with Crippen LogP contribution in [0.3, 0.4) is 0 Å². The zero-order valence-electron chi connectivity index (χ0n) is 10.6. The maximum atomic E-state index is 11.3. The van der Waals surface area contributed by atoms with Crippen LogP contribution in [0.4, 0.5) is 0 Å². The lowest BCUT2D eigenvalue weighted by molar-refractivity contribution is 0.0695. The summed E-state index contributed by atoms with van der Waals surface area (Å²) in [7, 11) is 1.61. The molecule has 0 radical (unpaired) electrons. The number of aromatic nitrogens is 1. The number of aromatic carboxylic acids is 1. The van der Waals surface area contributed by atoms with E-state index < -0.39 is 5.97 Å². The van der Waals surface area contributed by atoms with E-state index in [0.717, 1.165) is 5.69 Å². The summed E-state index contributed by atoms with van der Waals surface area (Å²) in [5.41, 5.74) is 1.64. The zero-order valence-corrected chi connectivity index (χ0v) is 12.2. The van der Waals surface area contributed by atoms with Crippen LogP contribution >= 0.6 is 15.9 Å². The van der Waals surface area contributed by atoms with Crippen molar-refractivity contribution >= 4 is 21.9 Å². The van der Waals surface area contributed by atoms with Crippen LogP contribution in [-0.2, 0) is 11.3 Å². The fourth-order valence-electron chi connectivity index (χ4n) is 2.06. The lowest BCUT2D eigenvalue weighted by atomic mass is 10.2. The summed E-state index contributed by atoms with van der Waals surface area (Å²) in [6, 6.07) is 3.57. The van der Waals surface area contributed by atoms with Crippen molar-refractivity contribution < 1.29 is 19.1 Å². The number of methoxy groups -OCH3 is 1. The van der Waals surface area contributed by atoms with Gasteiger partial charge in [0.25, 0.3) is 0 Å². The molecule has 2 aromatic rings. The molecule has 0 aliphatic rings. The summed E-state index contributed by atoms with van der Waals surface area (Å²) < 4.78 is 12.9. The lowest BCUT2D eigenvalue weighted by Gasteiger charge is -2.09. The predicted molar refractivity (Wildman–Crippen MR) is 73.4 cm³/mol. The molecule has 0 aliphatic heterocycles. The Morgan fingerprint density at radius 2 is 2.32 bits per heavy atom. The SMILES string of the molecule is COCCn1c(C)c(C(=O)O)c(Br)c1-c1ccco1. The number of ether oxygens (including phenoxy) is 1. The molecule has 0 saturated carbocycles. The molecule has 6 heteroatoms. The fourth-order valence-corrected chi connectivity index (χ4v) is 2.93. The van der Waals surface area contributed by atoms with Gasteiger partial charge in [-0.1, -0.05) is 0 Å². The highest BCUT2D eigenvalue weighted by Gasteiger charge is 2.25. The molecule has 0 atom stereocenters. The average molecular weight is 328 g/mol. The van der Waals surface area contributed by atoms with Crippen LogP contribution in [0.15, 0.2) is 27.3 Å². The molecule has 2 rings (SSSR count). The molecule has 1 N–H and O–H groups in total. The quantitative estimate of drug-likeness (QED) is 0.916. The van der Waals surface area contributed by atoms with Crippen LogP contribution in [0.1, 0.15) is 16.1 Å². The molecule has 102 valence electrons. The second-order valence-electron chi connectivity index (χ2n) is 4.05. The number of rotatable bonds is 5. The van der Waals surface area contributed by atoms with Gasteiger partial charge in [0.2, 0.25) is 0 Å². The Balaban J connectivity index is 2.62. The van der Waals surface area contributed by atoms with E-state index in [9.17, 15) is 9.90 Å². The highest BCUT2D eigenvalue weighted by atomic mass is 79.9. The molecule has 0 aliphatic carbocycles. The van der Waals surface area contributed by atoms with Gasteiger partial charge in [0.05, 0.1) is 28.6 Å². The van der Waals surface area contributed by atoms with Crippen LogP contribution in [0, 0.1) is 6.92 Å². The predicted octanol–water partition coefficient (Wildman–Crippen LogP) is 3.16. The molecule has 0 saturated heterocycles. The lowest BCUT2D eigenvalue weighted by Crippen LogP contribution is -2.08. The van der Waals surface area contributed by atoms with Crippen molar-refractivity contribution in [3.8, 4) is 11.5 Å². The minimum Gasteiger partial charge on any atom is -0.478 e. The number of hydrogen-bond acceptors (Lipinski definition) is 3. The first-order chi connectivity index (χ1) is 9.07. The topological polar surface area (TPSA) is 64.6 Å². The minimum atomic E-state index is -0.964. The molecule has 19 heavy (non-hydrogen) atoms. The van der Waals surface area contributed by atoms with Crippen molar-refractivity contribution in [1.82, 2.24) is 4.57 Å². The van der Waals surface area contributed by atoms with Gasteiger partial charge in [-0.3, -0.25) is 0 Å². The third-order valence-corrected chi connectivity index (χ3v) is 3.72. The van der Waals surface area contributed by atoms with Crippen molar-refractivity contribution in [1.29, 1.82) is 0 Å². The van der Waals surface area contributed by atoms with Crippen molar-refractivity contribution in [2.24, 2.45) is 0 Å². The number of carbonyl (C=O) groups is 1. The van der Waals surface area contributed by atoms with Crippen molar-refractivity contribution in [3.63, 3.8) is 0 Å². The zero-order chi connectivity index (χ0) is 14.0. The molecule has 2 aromatic heterocycles. The van der Waals surface area contributed by atoms with Gasteiger partial charge in [0, 0.05) is 19.3 Å². The highest BCUT2D eigenvalue weighted by Crippen LogP contribution is 2.36. The number of halogens is 1. The number of nitrogens with zero attached hydrogens (tertiary/aromatic N) is 1. The Hall–Kier alpha value is -1.53. The van der Waals surface area contributed by atoms with E-state index in [-0.39, 0.29) is 5.56 Å². The number of carboxylic acid groups (broad SMARTS) is 1. The molecular formula is C13H14BrNO4. The van der Waals surface area contributed by atoms with Crippen LogP contribution in [0.5, 0.6) is 0 Å². The van der Waals surface area contributed by atoms with Crippen LogP contribution in [0.2, 0.25) is 0 Å². The standard InChI is InChI=1S/C13H14BrNO4/c1-8-10(13(16)17)11(14)12(9-4-3-6-19-9)15(8)5-7-18-2/h3-4,6H,5,7H2,1-2H3,(H,16,17). The molecule has 5 nitrogen and oxygen atoms in total. The van der Waals surface area contributed by atoms with E-state index in [4.69, 9.17) is 9.15 Å². The monoisotopic (exact) mass is 327 g/mol. The normalized spacial score (nSPS) is 10.9. The van der Waals surface area contributed by atoms with Crippen LogP contribution in [0.25, 0.3) is 11.5 Å². The van der Waals surface area contributed by atoms with Gasteiger partial charge in [-0.05, 0) is 35.0 Å². The largest absolute Gasteiger partial charge is 0.478 e. The van der Waals surface area contributed by atoms with Gasteiger partial charge in [-0.2, -0.15) is 0 Å². The maximum Gasteiger partial charge on any atom is 0.338 e. The first-order valence-corrected chi connectivity index (χ1v) is 6.52. The molecule has 0 amide bonds. The highest BCUT2D eigenvalue weighted by molar-refractivity contribution is 9.10. The Bertz CT molecular complexity index is 586. The molecular weight excluding hydrogens is 314 g/mol. The molecule has 2 heterocycles. The Labute approximate surface area is 118 Å². The van der Waals surface area contributed by atoms with E-state index in [0.29, 0.717) is 29.1 Å². The first-order valence-electron chi connectivity index (χ1n) is 5.72. The van der Waals surface area contributed by atoms with Gasteiger partial charge < -0.3 is 18.8 Å². The van der Waals surface area contributed by atoms with E-state index in [2.05, 4.69) is 15.9 Å². The van der Waals surface area contributed by atoms with Crippen molar-refractivity contribution in [3.05, 3.63) is 34.1 Å². The second kappa shape index (κ2) is 5.63. The van der Waals surface area contributed by atoms with Gasteiger partial charge in [-0.25, -0.2) is 4.79 Å². The molecule has 0 unspecified atom stereocenters. The Morgan fingerprint density at radius 1 is 1.58 bits per heavy atom. The number of carboxylic acids is 1. The molecule has 0 spiro atoms. The Morgan fingerprint density at radius 3 is 2.84 bits per heavy atom. The summed E-state index contributed by atoms with van der Waals surface area (Å²) in [5.74, 6) is -0.341. The average Bonchev–Trinajstić information content (AvgIpc) is 2.93. The van der Waals surface area contributed by atoms with Crippen molar-refractivity contribution in [2.45, 2.75) is 13.5 Å². The summed E-state index contributed by atoms with van der Waals surface area (Å²) in [6.07, 6.45) is 1.56. The Kier molecular flexibility index (Phi) is 4.11. The molecule has 0 bridgehead atoms. The number of hydrogen-bond donors (Lipinski definition) is 1. The first kappa shape index (κ1) is 13.9.